The van der Waals surface area contributed by atoms with Gasteiger partial charge in [-0.1, -0.05) is 84.9 Å². The number of imide groups is 1. The number of aromatic nitrogens is 2. The summed E-state index contributed by atoms with van der Waals surface area (Å²) in [7, 11) is 1.47. The van der Waals surface area contributed by atoms with E-state index >= 15 is 0 Å². The molecule has 0 fully saturated rings. The molecule has 2 heterocycles. The van der Waals surface area contributed by atoms with Gasteiger partial charge in [0.05, 0.1) is 38.0 Å². The Balaban J connectivity index is 1.16. The first-order valence-electron chi connectivity index (χ1n) is 15.6. The SMILES string of the molecule is COc1nc(=O)n(COC(COCc2ccccc2)CN2C(=O)c3ccccc3C2=O)cc1Cc1cccc(OCc2ccccc2)c1. The number of rotatable bonds is 15. The molecule has 1 atom stereocenters. The summed E-state index contributed by atoms with van der Waals surface area (Å²) in [6.45, 7) is 0.580. The van der Waals surface area contributed by atoms with Crippen LogP contribution >= 0.6 is 0 Å². The number of carbonyl (C=O) groups is 2. The number of fused-ring (bicyclic) bond motifs is 1. The van der Waals surface area contributed by atoms with Crippen LogP contribution in [0.3, 0.4) is 0 Å². The van der Waals surface area contributed by atoms with Gasteiger partial charge in [-0.05, 0) is 41.0 Å². The minimum atomic E-state index is -0.730. The Morgan fingerprint density at radius 1 is 0.729 bits per heavy atom. The molecule has 10 heteroatoms. The fraction of sp³-hybridized carbons (Fsp3) is 0.211. The molecule has 4 aromatic carbocycles. The summed E-state index contributed by atoms with van der Waals surface area (Å²) in [4.78, 5) is 44.5. The van der Waals surface area contributed by atoms with Gasteiger partial charge in [0.1, 0.15) is 25.2 Å². The van der Waals surface area contributed by atoms with Crippen LogP contribution in [-0.4, -0.2) is 52.6 Å². The molecule has 0 radical (unpaired) electrons. The summed E-state index contributed by atoms with van der Waals surface area (Å²) in [5.41, 5.74) is 3.75. The minimum Gasteiger partial charge on any atom is -0.489 e. The van der Waals surface area contributed by atoms with Crippen LogP contribution in [0.25, 0.3) is 0 Å². The summed E-state index contributed by atoms with van der Waals surface area (Å²) < 4.78 is 24.9. The number of methoxy groups -OCH3 is 1. The average molecular weight is 646 g/mol. The highest BCUT2D eigenvalue weighted by Crippen LogP contribution is 2.24. The molecule has 1 aromatic heterocycles. The molecule has 0 spiro atoms. The van der Waals surface area contributed by atoms with E-state index in [4.69, 9.17) is 18.9 Å². The van der Waals surface area contributed by atoms with Crippen molar-refractivity contribution < 1.29 is 28.5 Å². The monoisotopic (exact) mass is 645 g/mol. The van der Waals surface area contributed by atoms with Gasteiger partial charge in [0.25, 0.3) is 11.8 Å². The predicted octanol–water partition coefficient (Wildman–Crippen LogP) is 5.28. The molecular weight excluding hydrogens is 610 g/mol. The van der Waals surface area contributed by atoms with Gasteiger partial charge >= 0.3 is 5.69 Å². The maximum atomic E-state index is 13.1. The largest absolute Gasteiger partial charge is 0.489 e. The Labute approximate surface area is 278 Å². The first kappa shape index (κ1) is 32.4. The first-order valence-corrected chi connectivity index (χ1v) is 15.6. The Morgan fingerprint density at radius 2 is 1.35 bits per heavy atom. The van der Waals surface area contributed by atoms with E-state index in [-0.39, 0.29) is 25.8 Å². The molecule has 1 unspecified atom stereocenters. The van der Waals surface area contributed by atoms with Crippen molar-refractivity contribution in [3.63, 3.8) is 0 Å². The molecule has 244 valence electrons. The highest BCUT2D eigenvalue weighted by Gasteiger charge is 2.36. The average Bonchev–Trinajstić information content (AvgIpc) is 3.36. The van der Waals surface area contributed by atoms with Crippen LogP contribution in [0.1, 0.15) is 43.0 Å². The van der Waals surface area contributed by atoms with Crippen molar-refractivity contribution in [2.45, 2.75) is 32.5 Å². The molecule has 0 aliphatic carbocycles. The second kappa shape index (κ2) is 15.3. The lowest BCUT2D eigenvalue weighted by Crippen LogP contribution is -2.41. The quantitative estimate of drug-likeness (QED) is 0.142. The maximum Gasteiger partial charge on any atom is 0.352 e. The molecular formula is C38H35N3O7. The summed E-state index contributed by atoms with van der Waals surface area (Å²) in [6, 6.07) is 34.0. The van der Waals surface area contributed by atoms with Crippen molar-refractivity contribution >= 4 is 11.8 Å². The number of hydrogen-bond acceptors (Lipinski definition) is 8. The molecule has 1 aliphatic rings. The lowest BCUT2D eigenvalue weighted by Gasteiger charge is -2.23. The number of hydrogen-bond donors (Lipinski definition) is 0. The van der Waals surface area contributed by atoms with E-state index in [1.54, 1.807) is 30.5 Å². The zero-order chi connectivity index (χ0) is 33.3. The minimum absolute atomic E-state index is 0.0535. The van der Waals surface area contributed by atoms with Gasteiger partial charge in [0, 0.05) is 18.2 Å². The van der Waals surface area contributed by atoms with E-state index in [0.29, 0.717) is 42.1 Å². The third-order valence-corrected chi connectivity index (χ3v) is 7.89. The van der Waals surface area contributed by atoms with Gasteiger partial charge in [-0.2, -0.15) is 4.98 Å². The van der Waals surface area contributed by atoms with E-state index in [2.05, 4.69) is 4.98 Å². The molecule has 0 N–H and O–H groups in total. The smallest absolute Gasteiger partial charge is 0.352 e. The van der Waals surface area contributed by atoms with E-state index in [9.17, 15) is 14.4 Å². The summed E-state index contributed by atoms with van der Waals surface area (Å²) in [5.74, 6) is 0.132. The predicted molar refractivity (Wildman–Crippen MR) is 178 cm³/mol. The molecule has 10 nitrogen and oxygen atoms in total. The maximum absolute atomic E-state index is 13.1. The van der Waals surface area contributed by atoms with Crippen LogP contribution in [0, 0.1) is 0 Å². The highest BCUT2D eigenvalue weighted by molar-refractivity contribution is 6.21. The van der Waals surface area contributed by atoms with Gasteiger partial charge in [-0.25, -0.2) is 4.79 Å². The number of ether oxygens (including phenoxy) is 4. The molecule has 0 bridgehead atoms. The van der Waals surface area contributed by atoms with Gasteiger partial charge in [0.15, 0.2) is 0 Å². The molecule has 2 amide bonds. The van der Waals surface area contributed by atoms with E-state index in [1.807, 2.05) is 84.9 Å². The number of benzene rings is 4. The molecule has 0 saturated heterocycles. The molecule has 5 aromatic rings. The Hall–Kier alpha value is -5.58. The fourth-order valence-electron chi connectivity index (χ4n) is 5.45. The van der Waals surface area contributed by atoms with E-state index < -0.39 is 23.6 Å². The van der Waals surface area contributed by atoms with E-state index in [0.717, 1.165) is 21.6 Å². The Bertz CT molecular complexity index is 1890. The molecule has 0 saturated carbocycles. The van der Waals surface area contributed by atoms with Gasteiger partial charge in [-0.3, -0.25) is 19.1 Å². The second-order valence-corrected chi connectivity index (χ2v) is 11.3. The number of carbonyl (C=O) groups excluding carboxylic acids is 2. The van der Waals surface area contributed by atoms with Gasteiger partial charge in [-0.15, -0.1) is 0 Å². The standard InChI is InChI=1S/C38H35N3O7/c1-45-35-30(19-29-15-10-16-31(20-29)47-24-28-13-6-3-7-14-28)21-40(38(44)39-35)26-48-32(25-46-23-27-11-4-2-5-12-27)22-41-36(42)33-17-8-9-18-34(33)37(41)43/h2-18,20-21,32H,19,22-26H2,1H3. The number of amides is 2. The third kappa shape index (κ3) is 7.86. The van der Waals surface area contributed by atoms with Crippen molar-refractivity contribution in [2.75, 3.05) is 20.3 Å². The topological polar surface area (TPSA) is 109 Å². The molecule has 1 aliphatic heterocycles. The summed E-state index contributed by atoms with van der Waals surface area (Å²) >= 11 is 0. The van der Waals surface area contributed by atoms with Crippen molar-refractivity contribution in [1.29, 1.82) is 0 Å². The fourth-order valence-corrected chi connectivity index (χ4v) is 5.45. The lowest BCUT2D eigenvalue weighted by molar-refractivity contribution is -0.0573. The zero-order valence-corrected chi connectivity index (χ0v) is 26.5. The summed E-state index contributed by atoms with van der Waals surface area (Å²) in [5, 5.41) is 0. The lowest BCUT2D eigenvalue weighted by atomic mass is 10.1. The Kier molecular flexibility index (Phi) is 10.3. The van der Waals surface area contributed by atoms with Crippen molar-refractivity contribution in [2.24, 2.45) is 0 Å². The van der Waals surface area contributed by atoms with Crippen LogP contribution in [-0.2, 0) is 35.8 Å². The van der Waals surface area contributed by atoms with Crippen LogP contribution in [0.2, 0.25) is 0 Å². The van der Waals surface area contributed by atoms with Crippen molar-refractivity contribution in [3.8, 4) is 11.6 Å². The zero-order valence-electron chi connectivity index (χ0n) is 26.5. The van der Waals surface area contributed by atoms with Crippen LogP contribution in [0.15, 0.2) is 120 Å². The van der Waals surface area contributed by atoms with Crippen LogP contribution in [0.4, 0.5) is 0 Å². The number of nitrogens with zero attached hydrogens (tertiary/aromatic N) is 3. The van der Waals surface area contributed by atoms with Gasteiger partial charge in [0.2, 0.25) is 5.88 Å². The van der Waals surface area contributed by atoms with E-state index in [1.165, 1.54) is 11.7 Å². The highest BCUT2D eigenvalue weighted by atomic mass is 16.5. The van der Waals surface area contributed by atoms with Gasteiger partial charge < -0.3 is 18.9 Å². The molecule has 6 rings (SSSR count). The Morgan fingerprint density at radius 3 is 2.02 bits per heavy atom. The molecule has 48 heavy (non-hydrogen) atoms. The second-order valence-electron chi connectivity index (χ2n) is 11.3. The summed E-state index contributed by atoms with van der Waals surface area (Å²) in [6.07, 6.45) is 1.33. The third-order valence-electron chi connectivity index (χ3n) is 7.89. The van der Waals surface area contributed by atoms with Crippen LogP contribution < -0.4 is 15.2 Å². The normalized spacial score (nSPS) is 13.0. The van der Waals surface area contributed by atoms with Crippen molar-refractivity contribution in [3.05, 3.63) is 159 Å². The van der Waals surface area contributed by atoms with Crippen LogP contribution in [0.5, 0.6) is 11.6 Å². The first-order chi connectivity index (χ1) is 23.5. The van der Waals surface area contributed by atoms with Crippen molar-refractivity contribution in [1.82, 2.24) is 14.5 Å².